The van der Waals surface area contributed by atoms with Crippen molar-refractivity contribution in [3.63, 3.8) is 0 Å². The highest BCUT2D eigenvalue weighted by atomic mass is 35.5. The van der Waals surface area contributed by atoms with Crippen LogP contribution in [0.4, 0.5) is 11.9 Å². The fourth-order valence-corrected chi connectivity index (χ4v) is 2.14. The molecular weight excluding hydrogens is 298 g/mol. The molecule has 0 spiro atoms. The highest BCUT2D eigenvalue weighted by Gasteiger charge is 2.08. The molecule has 2 aromatic rings. The summed E-state index contributed by atoms with van der Waals surface area (Å²) in [4.78, 5) is 12.4. The summed E-state index contributed by atoms with van der Waals surface area (Å²) in [7, 11) is 0. The summed E-state index contributed by atoms with van der Waals surface area (Å²) in [6.45, 7) is 6.31. The number of aryl methyl sites for hydroxylation is 1. The van der Waals surface area contributed by atoms with Crippen LogP contribution in [-0.2, 0) is 6.42 Å². The Bertz CT molecular complexity index is 603. The summed E-state index contributed by atoms with van der Waals surface area (Å²) in [5, 5.41) is 6.43. The maximum absolute atomic E-state index is 5.92. The molecular formula is C16H20ClN5. The lowest BCUT2D eigenvalue weighted by atomic mass is 10.1. The first-order valence-electron chi connectivity index (χ1n) is 7.24. The molecule has 22 heavy (non-hydrogen) atoms. The zero-order valence-corrected chi connectivity index (χ0v) is 13.3. The molecule has 0 aliphatic rings. The number of hydrogen-bond acceptors (Lipinski definition) is 5. The van der Waals surface area contributed by atoms with Gasteiger partial charge in [0.1, 0.15) is 0 Å². The molecule has 2 N–H and O–H groups in total. The van der Waals surface area contributed by atoms with Crippen molar-refractivity contribution in [2.45, 2.75) is 25.8 Å². The Labute approximate surface area is 135 Å². The summed E-state index contributed by atoms with van der Waals surface area (Å²) >= 11 is 5.92. The minimum absolute atomic E-state index is 0.166. The molecule has 1 aromatic carbocycles. The van der Waals surface area contributed by atoms with E-state index in [9.17, 15) is 0 Å². The van der Waals surface area contributed by atoms with Gasteiger partial charge in [-0.3, -0.25) is 0 Å². The Balaban J connectivity index is 1.91. The SMILES string of the molecule is C=CCNc1nc(Cl)nc(N[C@@H](C)CCc2ccccc2)n1. The highest BCUT2D eigenvalue weighted by molar-refractivity contribution is 6.28. The van der Waals surface area contributed by atoms with Gasteiger partial charge in [-0.05, 0) is 36.9 Å². The van der Waals surface area contributed by atoms with E-state index in [4.69, 9.17) is 11.6 Å². The van der Waals surface area contributed by atoms with Crippen molar-refractivity contribution in [2.24, 2.45) is 0 Å². The van der Waals surface area contributed by atoms with Crippen molar-refractivity contribution in [3.8, 4) is 0 Å². The van der Waals surface area contributed by atoms with Gasteiger partial charge in [-0.1, -0.05) is 36.4 Å². The molecule has 1 heterocycles. The van der Waals surface area contributed by atoms with Crippen molar-refractivity contribution >= 4 is 23.5 Å². The van der Waals surface area contributed by atoms with Gasteiger partial charge in [0.25, 0.3) is 0 Å². The Morgan fingerprint density at radius 1 is 1.18 bits per heavy atom. The number of benzene rings is 1. The number of anilines is 2. The van der Waals surface area contributed by atoms with E-state index in [1.54, 1.807) is 6.08 Å². The van der Waals surface area contributed by atoms with E-state index in [1.165, 1.54) is 5.56 Å². The fraction of sp³-hybridized carbons (Fsp3) is 0.312. The van der Waals surface area contributed by atoms with E-state index in [1.807, 2.05) is 6.07 Å². The Morgan fingerprint density at radius 3 is 2.64 bits per heavy atom. The van der Waals surface area contributed by atoms with Crippen LogP contribution in [0.2, 0.25) is 5.28 Å². The third kappa shape index (κ3) is 5.33. The second-order valence-electron chi connectivity index (χ2n) is 4.99. The lowest BCUT2D eigenvalue weighted by molar-refractivity contribution is 0.698. The van der Waals surface area contributed by atoms with Crippen LogP contribution >= 0.6 is 11.6 Å². The number of nitrogens with one attached hydrogen (secondary N) is 2. The van der Waals surface area contributed by atoms with Gasteiger partial charge in [0, 0.05) is 12.6 Å². The first kappa shape index (κ1) is 16.2. The molecule has 0 bridgehead atoms. The number of nitrogens with zero attached hydrogens (tertiary/aromatic N) is 3. The fourth-order valence-electron chi connectivity index (χ4n) is 1.98. The quantitative estimate of drug-likeness (QED) is 0.729. The van der Waals surface area contributed by atoms with E-state index in [0.29, 0.717) is 18.4 Å². The Kier molecular flexibility index (Phi) is 6.15. The molecule has 0 aliphatic heterocycles. The van der Waals surface area contributed by atoms with E-state index in [2.05, 4.69) is 63.4 Å². The smallest absolute Gasteiger partial charge is 0.229 e. The van der Waals surface area contributed by atoms with Crippen molar-refractivity contribution in [1.82, 2.24) is 15.0 Å². The number of halogens is 1. The first-order valence-corrected chi connectivity index (χ1v) is 7.62. The molecule has 1 aromatic heterocycles. The van der Waals surface area contributed by atoms with Crippen LogP contribution in [0, 0.1) is 0 Å². The third-order valence-electron chi connectivity index (χ3n) is 3.10. The lowest BCUT2D eigenvalue weighted by Crippen LogP contribution is -2.19. The summed E-state index contributed by atoms with van der Waals surface area (Å²) in [5.74, 6) is 0.921. The molecule has 0 fully saturated rings. The van der Waals surface area contributed by atoms with Crippen LogP contribution in [0.5, 0.6) is 0 Å². The third-order valence-corrected chi connectivity index (χ3v) is 3.27. The van der Waals surface area contributed by atoms with E-state index >= 15 is 0 Å². The molecule has 2 rings (SSSR count). The van der Waals surface area contributed by atoms with Crippen LogP contribution in [0.3, 0.4) is 0 Å². The Hall–Kier alpha value is -2.14. The normalized spacial score (nSPS) is 11.7. The summed E-state index contributed by atoms with van der Waals surface area (Å²) < 4.78 is 0. The van der Waals surface area contributed by atoms with Gasteiger partial charge >= 0.3 is 0 Å². The van der Waals surface area contributed by atoms with Gasteiger partial charge in [-0.25, -0.2) is 0 Å². The maximum Gasteiger partial charge on any atom is 0.229 e. The molecule has 116 valence electrons. The zero-order valence-electron chi connectivity index (χ0n) is 12.6. The standard InChI is InChI=1S/C16H20ClN5/c1-3-11-18-15-20-14(17)21-16(22-15)19-12(2)9-10-13-7-5-4-6-8-13/h3-8,12H,1,9-11H2,2H3,(H2,18,19,20,21,22)/t12-/m0/s1. The van der Waals surface area contributed by atoms with Gasteiger partial charge in [0.05, 0.1) is 0 Å². The molecule has 5 nitrogen and oxygen atoms in total. The van der Waals surface area contributed by atoms with Gasteiger partial charge in [0.15, 0.2) is 0 Å². The number of rotatable bonds is 8. The minimum Gasteiger partial charge on any atom is -0.352 e. The molecule has 1 atom stereocenters. The number of aromatic nitrogens is 3. The predicted molar refractivity (Wildman–Crippen MR) is 91.4 cm³/mol. The van der Waals surface area contributed by atoms with E-state index < -0.39 is 0 Å². The summed E-state index contributed by atoms with van der Waals surface area (Å²) in [6.07, 6.45) is 3.70. The second kappa shape index (κ2) is 8.34. The number of hydrogen-bond donors (Lipinski definition) is 2. The van der Waals surface area contributed by atoms with Crippen molar-refractivity contribution in [3.05, 3.63) is 53.8 Å². The monoisotopic (exact) mass is 317 g/mol. The highest BCUT2D eigenvalue weighted by Crippen LogP contribution is 2.12. The van der Waals surface area contributed by atoms with Crippen LogP contribution in [-0.4, -0.2) is 27.5 Å². The van der Waals surface area contributed by atoms with Gasteiger partial charge in [-0.2, -0.15) is 15.0 Å². The molecule has 0 unspecified atom stereocenters. The van der Waals surface area contributed by atoms with Gasteiger partial charge in [0.2, 0.25) is 17.2 Å². The minimum atomic E-state index is 0.166. The van der Waals surface area contributed by atoms with Gasteiger partial charge in [-0.15, -0.1) is 6.58 Å². The Morgan fingerprint density at radius 2 is 1.91 bits per heavy atom. The zero-order chi connectivity index (χ0) is 15.8. The summed E-state index contributed by atoms with van der Waals surface area (Å²) in [5.41, 5.74) is 1.32. The summed E-state index contributed by atoms with van der Waals surface area (Å²) in [6, 6.07) is 10.6. The topological polar surface area (TPSA) is 62.7 Å². The van der Waals surface area contributed by atoms with Crippen molar-refractivity contribution in [1.29, 1.82) is 0 Å². The van der Waals surface area contributed by atoms with Crippen LogP contribution in [0.25, 0.3) is 0 Å². The second-order valence-corrected chi connectivity index (χ2v) is 5.33. The van der Waals surface area contributed by atoms with E-state index in [0.717, 1.165) is 12.8 Å². The molecule has 6 heteroatoms. The predicted octanol–water partition coefficient (Wildman–Crippen LogP) is 3.56. The van der Waals surface area contributed by atoms with Gasteiger partial charge < -0.3 is 10.6 Å². The average Bonchev–Trinajstić information content (AvgIpc) is 2.51. The molecule has 0 aliphatic carbocycles. The van der Waals surface area contributed by atoms with Crippen molar-refractivity contribution in [2.75, 3.05) is 17.2 Å². The molecule has 0 saturated carbocycles. The van der Waals surface area contributed by atoms with Crippen molar-refractivity contribution < 1.29 is 0 Å². The van der Waals surface area contributed by atoms with Crippen LogP contribution in [0.1, 0.15) is 18.9 Å². The molecule has 0 amide bonds. The van der Waals surface area contributed by atoms with Crippen LogP contribution < -0.4 is 10.6 Å². The molecule has 0 saturated heterocycles. The largest absolute Gasteiger partial charge is 0.352 e. The average molecular weight is 318 g/mol. The van der Waals surface area contributed by atoms with Crippen LogP contribution in [0.15, 0.2) is 43.0 Å². The maximum atomic E-state index is 5.92. The lowest BCUT2D eigenvalue weighted by Gasteiger charge is -2.14. The first-order chi connectivity index (χ1) is 10.7. The molecule has 0 radical (unpaired) electrons. The van der Waals surface area contributed by atoms with E-state index in [-0.39, 0.29) is 11.3 Å².